The first-order valence-corrected chi connectivity index (χ1v) is 11.9. The molecule has 12 heteroatoms. The van der Waals surface area contributed by atoms with E-state index in [2.05, 4.69) is 10.3 Å². The third kappa shape index (κ3) is 4.42. The molecule has 34 heavy (non-hydrogen) atoms. The molecule has 2 saturated heterocycles. The van der Waals surface area contributed by atoms with Crippen molar-refractivity contribution in [3.8, 4) is 0 Å². The number of carbonyl (C=O) groups excluding carboxylic acids is 3. The summed E-state index contributed by atoms with van der Waals surface area (Å²) >= 11 is 6.31. The second-order valence-electron chi connectivity index (χ2n) is 7.84. The number of likely N-dealkylation sites (N-methyl/N-ethyl adjacent to an activating group) is 1. The lowest BCUT2D eigenvalue weighted by Gasteiger charge is -2.36. The number of thioether (sulfide) groups is 1. The summed E-state index contributed by atoms with van der Waals surface area (Å²) in [5.41, 5.74) is 0.978. The van der Waals surface area contributed by atoms with Crippen molar-refractivity contribution in [2.45, 2.75) is 26.3 Å². The van der Waals surface area contributed by atoms with E-state index in [1.54, 1.807) is 31.1 Å². The molecule has 4 heterocycles. The van der Waals surface area contributed by atoms with Gasteiger partial charge in [-0.1, -0.05) is 30.0 Å². The van der Waals surface area contributed by atoms with Crippen LogP contribution in [-0.2, 0) is 19.1 Å². The van der Waals surface area contributed by atoms with Crippen LogP contribution in [0.1, 0.15) is 24.5 Å². The molecule has 2 aromatic rings. The van der Waals surface area contributed by atoms with Gasteiger partial charge in [0.1, 0.15) is 21.8 Å². The number of esters is 1. The molecule has 2 aromatic heterocycles. The maximum atomic E-state index is 13.6. The highest BCUT2D eigenvalue weighted by atomic mass is 32.2. The van der Waals surface area contributed by atoms with Crippen LogP contribution in [0.3, 0.4) is 0 Å². The lowest BCUT2D eigenvalue weighted by molar-refractivity contribution is -0.145. The van der Waals surface area contributed by atoms with Gasteiger partial charge in [-0.3, -0.25) is 28.5 Å². The van der Waals surface area contributed by atoms with Gasteiger partial charge in [0.05, 0.1) is 23.5 Å². The normalized spacial score (nSPS) is 19.8. The molecule has 1 N–H and O–H groups in total. The molecule has 0 radical (unpaired) electrons. The van der Waals surface area contributed by atoms with Crippen LogP contribution < -0.4 is 15.8 Å². The Morgan fingerprint density at radius 3 is 2.79 bits per heavy atom. The fraction of sp³-hybridized carbons (Fsp3) is 0.364. The number of aryl methyl sites for hydroxylation is 1. The lowest BCUT2D eigenvalue weighted by atomic mass is 10.1. The van der Waals surface area contributed by atoms with Crippen molar-refractivity contribution in [2.75, 3.05) is 31.6 Å². The summed E-state index contributed by atoms with van der Waals surface area (Å²) in [6.07, 6.45) is 2.93. The molecule has 0 aliphatic carbocycles. The van der Waals surface area contributed by atoms with Gasteiger partial charge in [0, 0.05) is 26.3 Å². The Hall–Kier alpha value is -3.25. The minimum absolute atomic E-state index is 0.139. The molecule has 0 saturated carbocycles. The van der Waals surface area contributed by atoms with Crippen LogP contribution in [0.2, 0.25) is 0 Å². The number of rotatable bonds is 5. The van der Waals surface area contributed by atoms with Gasteiger partial charge in [-0.15, -0.1) is 0 Å². The van der Waals surface area contributed by atoms with Crippen LogP contribution in [0.5, 0.6) is 0 Å². The molecule has 2 aliphatic heterocycles. The van der Waals surface area contributed by atoms with Crippen molar-refractivity contribution in [1.82, 2.24) is 19.6 Å². The Labute approximate surface area is 204 Å². The predicted molar refractivity (Wildman–Crippen MR) is 133 cm³/mol. The van der Waals surface area contributed by atoms with E-state index in [0.717, 1.165) is 17.3 Å². The van der Waals surface area contributed by atoms with E-state index in [0.29, 0.717) is 23.1 Å². The second-order valence-corrected chi connectivity index (χ2v) is 9.51. The quantitative estimate of drug-likeness (QED) is 0.365. The molecule has 4 rings (SSSR count). The highest BCUT2D eigenvalue weighted by molar-refractivity contribution is 8.26. The molecule has 0 spiro atoms. The van der Waals surface area contributed by atoms with Gasteiger partial charge in [0.2, 0.25) is 5.91 Å². The molecule has 2 amide bonds. The van der Waals surface area contributed by atoms with Crippen LogP contribution in [0.15, 0.2) is 28.0 Å². The van der Waals surface area contributed by atoms with E-state index in [-0.39, 0.29) is 41.1 Å². The highest BCUT2D eigenvalue weighted by Crippen LogP contribution is 2.33. The molecule has 10 nitrogen and oxygen atoms in total. The number of hydrogen-bond donors (Lipinski definition) is 1. The van der Waals surface area contributed by atoms with E-state index in [9.17, 15) is 19.2 Å². The monoisotopic (exact) mass is 501 g/mol. The van der Waals surface area contributed by atoms with Gasteiger partial charge >= 0.3 is 5.97 Å². The number of fused-ring (bicyclic) bond motifs is 1. The Kier molecular flexibility index (Phi) is 6.71. The van der Waals surface area contributed by atoms with E-state index in [4.69, 9.17) is 17.0 Å². The molecule has 2 fully saturated rings. The maximum absolute atomic E-state index is 13.6. The largest absolute Gasteiger partial charge is 0.466 e. The number of anilines is 1. The molecule has 0 aromatic carbocycles. The summed E-state index contributed by atoms with van der Waals surface area (Å²) < 4.78 is 6.83. The predicted octanol–water partition coefficient (Wildman–Crippen LogP) is 1.09. The summed E-state index contributed by atoms with van der Waals surface area (Å²) in [7, 11) is 1.57. The number of hydrogen-bond acceptors (Lipinski definition) is 9. The van der Waals surface area contributed by atoms with Crippen molar-refractivity contribution >= 4 is 63.6 Å². The number of nitrogens with one attached hydrogen (secondary N) is 1. The number of pyridine rings is 1. The summed E-state index contributed by atoms with van der Waals surface area (Å²) in [6.45, 7) is 4.36. The van der Waals surface area contributed by atoms with Crippen LogP contribution in [-0.4, -0.2) is 69.2 Å². The van der Waals surface area contributed by atoms with Crippen molar-refractivity contribution in [1.29, 1.82) is 0 Å². The number of carbonyl (C=O) groups is 3. The average molecular weight is 502 g/mol. The summed E-state index contributed by atoms with van der Waals surface area (Å²) in [5.74, 6) is -0.999. The fourth-order valence-electron chi connectivity index (χ4n) is 3.82. The first-order valence-electron chi connectivity index (χ1n) is 10.7. The lowest BCUT2D eigenvalue weighted by Crippen LogP contribution is -2.57. The van der Waals surface area contributed by atoms with Gasteiger partial charge in [-0.05, 0) is 31.6 Å². The van der Waals surface area contributed by atoms with Gasteiger partial charge in [-0.25, -0.2) is 4.98 Å². The van der Waals surface area contributed by atoms with Crippen molar-refractivity contribution in [2.24, 2.45) is 0 Å². The number of thiocarbonyl (C=S) groups is 1. The van der Waals surface area contributed by atoms with Gasteiger partial charge in [0.15, 0.2) is 0 Å². The molecule has 178 valence electrons. The minimum Gasteiger partial charge on any atom is -0.466 e. The average Bonchev–Trinajstić information content (AvgIpc) is 3.04. The molecule has 0 bridgehead atoms. The topological polar surface area (TPSA) is 113 Å². The standard InChI is InChI=1S/C22H23N5O5S2/c1-4-32-17(28)10-14-19(29)23-7-8-26(14)18-13(9-15-21(31)25(3)22(33)34-15)20(30)27-11-12(2)5-6-16(27)24-18/h5-6,9,11,14H,4,7-8,10H2,1-3H3,(H,23,29)/b15-9-/t14-/m1/s1. The smallest absolute Gasteiger partial charge is 0.308 e. The first kappa shape index (κ1) is 23.9. The van der Waals surface area contributed by atoms with Crippen LogP contribution in [0, 0.1) is 6.92 Å². The number of nitrogens with zero attached hydrogens (tertiary/aromatic N) is 4. The number of aromatic nitrogens is 2. The van der Waals surface area contributed by atoms with Crippen LogP contribution >= 0.6 is 24.0 Å². The van der Waals surface area contributed by atoms with Gasteiger partial charge < -0.3 is 15.0 Å². The second kappa shape index (κ2) is 9.55. The third-order valence-corrected chi connectivity index (χ3v) is 7.00. The summed E-state index contributed by atoms with van der Waals surface area (Å²) in [4.78, 5) is 59.2. The fourth-order valence-corrected chi connectivity index (χ4v) is 4.98. The zero-order chi connectivity index (χ0) is 24.6. The van der Waals surface area contributed by atoms with Crippen molar-refractivity contribution < 1.29 is 19.1 Å². The van der Waals surface area contributed by atoms with E-state index in [1.165, 1.54) is 15.4 Å². The third-order valence-electron chi connectivity index (χ3n) is 5.52. The zero-order valence-electron chi connectivity index (χ0n) is 18.9. The maximum Gasteiger partial charge on any atom is 0.308 e. The molecular weight excluding hydrogens is 478 g/mol. The number of piperazine rings is 1. The Morgan fingerprint density at radius 1 is 1.35 bits per heavy atom. The molecule has 2 aliphatic rings. The highest BCUT2D eigenvalue weighted by Gasteiger charge is 2.36. The Bertz CT molecular complexity index is 1300. The number of amides is 2. The zero-order valence-corrected chi connectivity index (χ0v) is 20.5. The Balaban J connectivity index is 1.91. The first-order chi connectivity index (χ1) is 16.2. The molecular formula is C22H23N5O5S2. The number of ether oxygens (including phenoxy) is 1. The summed E-state index contributed by atoms with van der Waals surface area (Å²) in [5, 5.41) is 2.75. The molecule has 1 atom stereocenters. The van der Waals surface area contributed by atoms with Gasteiger partial charge in [0.25, 0.3) is 11.5 Å². The summed E-state index contributed by atoms with van der Waals surface area (Å²) in [6, 6.07) is 2.62. The Morgan fingerprint density at radius 2 is 2.12 bits per heavy atom. The minimum atomic E-state index is -0.916. The van der Waals surface area contributed by atoms with Crippen LogP contribution in [0.4, 0.5) is 5.82 Å². The van der Waals surface area contributed by atoms with E-state index < -0.39 is 17.6 Å². The van der Waals surface area contributed by atoms with Crippen LogP contribution in [0.25, 0.3) is 11.7 Å². The van der Waals surface area contributed by atoms with Crippen molar-refractivity contribution in [3.05, 3.63) is 44.7 Å². The van der Waals surface area contributed by atoms with Gasteiger partial charge in [-0.2, -0.15) is 0 Å². The van der Waals surface area contributed by atoms with Crippen molar-refractivity contribution in [3.63, 3.8) is 0 Å². The van der Waals surface area contributed by atoms with E-state index >= 15 is 0 Å². The SMILES string of the molecule is CCOC(=O)C[C@@H]1C(=O)NCCN1c1nc2ccc(C)cn2c(=O)c1/C=C1\SC(=S)N(C)C1=O. The van der Waals surface area contributed by atoms with E-state index in [1.807, 2.05) is 13.0 Å². The molecule has 0 unspecified atom stereocenters.